The predicted octanol–water partition coefficient (Wildman–Crippen LogP) is 3.64. The van der Waals surface area contributed by atoms with Gasteiger partial charge in [-0.15, -0.1) is 0 Å². The fraction of sp³-hybridized carbons (Fsp3) is 0.318. The molecule has 3 rings (SSSR count). The van der Waals surface area contributed by atoms with Crippen LogP contribution in [0.5, 0.6) is 0 Å². The summed E-state index contributed by atoms with van der Waals surface area (Å²) in [7, 11) is 0. The van der Waals surface area contributed by atoms with Gasteiger partial charge in [-0.25, -0.2) is 4.79 Å². The van der Waals surface area contributed by atoms with Crippen LogP contribution in [0.1, 0.15) is 51.3 Å². The Morgan fingerprint density at radius 2 is 1.85 bits per heavy atom. The fourth-order valence-corrected chi connectivity index (χ4v) is 3.37. The van der Waals surface area contributed by atoms with Gasteiger partial charge in [0.05, 0.1) is 5.56 Å². The summed E-state index contributed by atoms with van der Waals surface area (Å²) < 4.78 is 5.41. The second-order valence-electron chi connectivity index (χ2n) is 6.92. The Balaban J connectivity index is 1.75. The minimum atomic E-state index is -0.888. The van der Waals surface area contributed by atoms with E-state index in [4.69, 9.17) is 4.74 Å². The van der Waals surface area contributed by atoms with Crippen LogP contribution in [0, 0.1) is 13.8 Å². The molecule has 1 atom stereocenters. The van der Waals surface area contributed by atoms with Crippen molar-refractivity contribution < 1.29 is 19.1 Å². The number of rotatable bonds is 4. The molecule has 1 unspecified atom stereocenters. The number of Topliss-reactive ketones (excluding diaryl/α,β-unsaturated/α-hetero) is 1. The summed E-state index contributed by atoms with van der Waals surface area (Å²) in [4.78, 5) is 38.5. The molecule has 0 N–H and O–H groups in total. The van der Waals surface area contributed by atoms with Crippen molar-refractivity contribution in [1.29, 1.82) is 0 Å². The van der Waals surface area contributed by atoms with Crippen molar-refractivity contribution in [2.45, 2.75) is 40.2 Å². The zero-order chi connectivity index (χ0) is 19.7. The molecule has 1 amide bonds. The van der Waals surface area contributed by atoms with Gasteiger partial charge in [0.25, 0.3) is 0 Å². The molecule has 5 heteroatoms. The Bertz CT molecular complexity index is 932. The number of esters is 1. The third-order valence-electron chi connectivity index (χ3n) is 5.12. The topological polar surface area (TPSA) is 63.7 Å². The number of ketones is 1. The maximum atomic E-state index is 12.7. The lowest BCUT2D eigenvalue weighted by Gasteiger charge is -2.16. The quantitative estimate of drug-likeness (QED) is 0.613. The lowest BCUT2D eigenvalue weighted by Crippen LogP contribution is -2.26. The van der Waals surface area contributed by atoms with Gasteiger partial charge in [-0.05, 0) is 68.1 Å². The van der Waals surface area contributed by atoms with E-state index in [1.54, 1.807) is 42.2 Å². The first kappa shape index (κ1) is 18.8. The number of hydrogen-bond acceptors (Lipinski definition) is 4. The molecule has 0 aliphatic carbocycles. The van der Waals surface area contributed by atoms with Crippen molar-refractivity contribution in [2.75, 3.05) is 11.4 Å². The second-order valence-corrected chi connectivity index (χ2v) is 6.92. The summed E-state index contributed by atoms with van der Waals surface area (Å²) in [6.07, 6.45) is -0.173. The van der Waals surface area contributed by atoms with Gasteiger partial charge in [0.15, 0.2) is 6.10 Å². The number of ether oxygens (including phenoxy) is 1. The van der Waals surface area contributed by atoms with Crippen molar-refractivity contribution in [3.63, 3.8) is 0 Å². The summed E-state index contributed by atoms with van der Waals surface area (Å²) in [6, 6.07) is 10.7. The minimum absolute atomic E-state index is 0.0105. The van der Waals surface area contributed by atoms with Crippen molar-refractivity contribution >= 4 is 23.3 Å². The van der Waals surface area contributed by atoms with Crippen LogP contribution in [-0.4, -0.2) is 30.3 Å². The van der Waals surface area contributed by atoms with Gasteiger partial charge in [-0.3, -0.25) is 9.59 Å². The molecule has 2 aromatic rings. The first-order valence-corrected chi connectivity index (χ1v) is 9.02. The van der Waals surface area contributed by atoms with Crippen LogP contribution in [0.2, 0.25) is 0 Å². The van der Waals surface area contributed by atoms with Crippen molar-refractivity contribution in [3.05, 3.63) is 64.2 Å². The van der Waals surface area contributed by atoms with E-state index in [1.165, 1.54) is 6.92 Å². The summed E-state index contributed by atoms with van der Waals surface area (Å²) >= 11 is 0. The Kier molecular flexibility index (Phi) is 5.13. The highest BCUT2D eigenvalue weighted by Crippen LogP contribution is 2.29. The van der Waals surface area contributed by atoms with Crippen LogP contribution >= 0.6 is 0 Å². The molecular weight excluding hydrogens is 342 g/mol. The molecule has 1 aliphatic heterocycles. The Hall–Kier alpha value is -2.95. The number of carbonyl (C=O) groups is 3. The second kappa shape index (κ2) is 7.35. The lowest BCUT2D eigenvalue weighted by atomic mass is 10.0. The third kappa shape index (κ3) is 3.63. The predicted molar refractivity (Wildman–Crippen MR) is 103 cm³/mol. The lowest BCUT2D eigenvalue weighted by molar-refractivity contribution is -0.116. The minimum Gasteiger partial charge on any atom is -0.451 e. The monoisotopic (exact) mass is 365 g/mol. The van der Waals surface area contributed by atoms with Gasteiger partial charge in [0, 0.05) is 24.7 Å². The molecule has 140 valence electrons. The molecule has 0 saturated carbocycles. The Morgan fingerprint density at radius 3 is 2.56 bits per heavy atom. The normalized spacial score (nSPS) is 13.9. The highest BCUT2D eigenvalue weighted by Gasteiger charge is 2.26. The molecule has 2 aromatic carbocycles. The van der Waals surface area contributed by atoms with Gasteiger partial charge >= 0.3 is 5.97 Å². The molecule has 0 radical (unpaired) electrons. The summed E-state index contributed by atoms with van der Waals surface area (Å²) in [5.74, 6) is -0.762. The number of benzene rings is 2. The van der Waals surface area contributed by atoms with Gasteiger partial charge in [0.2, 0.25) is 11.7 Å². The molecule has 27 heavy (non-hydrogen) atoms. The smallest absolute Gasteiger partial charge is 0.339 e. The first-order chi connectivity index (χ1) is 12.8. The zero-order valence-corrected chi connectivity index (χ0v) is 16.0. The van der Waals surface area contributed by atoms with E-state index in [0.717, 1.165) is 22.4 Å². The van der Waals surface area contributed by atoms with Crippen LogP contribution in [0.15, 0.2) is 36.4 Å². The molecule has 5 nitrogen and oxygen atoms in total. The highest BCUT2D eigenvalue weighted by molar-refractivity contribution is 6.03. The number of fused-ring (bicyclic) bond motifs is 1. The average Bonchev–Trinajstić information content (AvgIpc) is 3.06. The van der Waals surface area contributed by atoms with Crippen LogP contribution in [0.3, 0.4) is 0 Å². The maximum Gasteiger partial charge on any atom is 0.339 e. The third-order valence-corrected chi connectivity index (χ3v) is 5.12. The fourth-order valence-electron chi connectivity index (χ4n) is 3.37. The zero-order valence-electron chi connectivity index (χ0n) is 16.0. The van der Waals surface area contributed by atoms with E-state index in [-0.39, 0.29) is 11.7 Å². The number of nitrogens with zero attached hydrogens (tertiary/aromatic N) is 1. The van der Waals surface area contributed by atoms with Crippen LogP contribution in [-0.2, 0) is 16.0 Å². The average molecular weight is 365 g/mol. The highest BCUT2D eigenvalue weighted by atomic mass is 16.5. The SMILES string of the molecule is CC(=O)N1CCc2cc(C(=O)C(C)OC(=O)c3cccc(C)c3C)ccc21. The Labute approximate surface area is 158 Å². The molecule has 0 bridgehead atoms. The van der Waals surface area contributed by atoms with Crippen LogP contribution in [0.25, 0.3) is 0 Å². The van der Waals surface area contributed by atoms with E-state index in [0.29, 0.717) is 24.1 Å². The summed E-state index contributed by atoms with van der Waals surface area (Å²) in [5.41, 5.74) is 4.62. The molecule has 1 heterocycles. The molecule has 1 aliphatic rings. The Morgan fingerprint density at radius 1 is 1.11 bits per heavy atom. The molecule has 0 spiro atoms. The van der Waals surface area contributed by atoms with Gasteiger partial charge in [0.1, 0.15) is 0 Å². The van der Waals surface area contributed by atoms with Crippen molar-refractivity contribution in [1.82, 2.24) is 0 Å². The van der Waals surface area contributed by atoms with Gasteiger partial charge in [-0.1, -0.05) is 12.1 Å². The largest absolute Gasteiger partial charge is 0.451 e. The maximum absolute atomic E-state index is 12.7. The standard InChI is InChI=1S/C22H23NO4/c1-13-6-5-7-19(14(13)2)22(26)27-15(3)21(25)18-8-9-20-17(12-18)10-11-23(20)16(4)24/h5-9,12,15H,10-11H2,1-4H3. The van der Waals surface area contributed by atoms with Crippen molar-refractivity contribution in [2.24, 2.45) is 0 Å². The summed E-state index contributed by atoms with van der Waals surface area (Å²) in [5, 5.41) is 0. The van der Waals surface area contributed by atoms with Crippen LogP contribution in [0.4, 0.5) is 5.69 Å². The number of carbonyl (C=O) groups excluding carboxylic acids is 3. The molecule has 0 aromatic heterocycles. The summed E-state index contributed by atoms with van der Waals surface area (Å²) in [6.45, 7) is 7.53. The van der Waals surface area contributed by atoms with E-state index in [2.05, 4.69) is 0 Å². The molecule has 0 saturated heterocycles. The number of hydrogen-bond donors (Lipinski definition) is 0. The molecular formula is C22H23NO4. The van der Waals surface area contributed by atoms with E-state index in [1.807, 2.05) is 19.9 Å². The molecule has 0 fully saturated rings. The van der Waals surface area contributed by atoms with Crippen LogP contribution < -0.4 is 4.90 Å². The first-order valence-electron chi connectivity index (χ1n) is 9.02. The van der Waals surface area contributed by atoms with Gasteiger partial charge < -0.3 is 9.64 Å². The van der Waals surface area contributed by atoms with E-state index >= 15 is 0 Å². The number of aryl methyl sites for hydroxylation is 1. The number of anilines is 1. The van der Waals surface area contributed by atoms with E-state index in [9.17, 15) is 14.4 Å². The number of amides is 1. The van der Waals surface area contributed by atoms with Gasteiger partial charge in [-0.2, -0.15) is 0 Å². The van der Waals surface area contributed by atoms with E-state index < -0.39 is 12.1 Å². The van der Waals surface area contributed by atoms with Crippen molar-refractivity contribution in [3.8, 4) is 0 Å².